The van der Waals surface area contributed by atoms with Crippen LogP contribution in [-0.4, -0.2) is 56.3 Å². The average molecular weight is 290 g/mol. The first-order chi connectivity index (χ1) is 7.90. The number of amides is 1. The number of carbonyl (C=O) groups excluding carboxylic acids is 1. The fraction of sp³-hybridized carbons (Fsp3) is 0.900. The minimum absolute atomic E-state index is 0. The number of hydrogen-bond acceptors (Lipinski definition) is 3. The maximum atomic E-state index is 11.9. The normalized spacial score (nSPS) is 18.2. The third kappa shape index (κ3) is 7.03. The third-order valence-corrected chi connectivity index (χ3v) is 2.85. The van der Waals surface area contributed by atoms with Crippen molar-refractivity contribution in [2.75, 3.05) is 33.2 Å². The van der Waals surface area contributed by atoms with Crippen LogP contribution in [0.2, 0.25) is 0 Å². The summed E-state index contributed by atoms with van der Waals surface area (Å²) < 4.78 is 35.6. The Morgan fingerprint density at radius 1 is 1.33 bits per heavy atom. The lowest BCUT2D eigenvalue weighted by atomic mass is 10.1. The van der Waals surface area contributed by atoms with Crippen molar-refractivity contribution in [1.29, 1.82) is 0 Å². The van der Waals surface area contributed by atoms with Gasteiger partial charge >= 0.3 is 6.18 Å². The minimum atomic E-state index is -4.34. The molecule has 0 radical (unpaired) electrons. The molecule has 0 aromatic carbocycles. The van der Waals surface area contributed by atoms with Gasteiger partial charge in [0.2, 0.25) is 5.91 Å². The second-order valence-corrected chi connectivity index (χ2v) is 4.23. The molecule has 18 heavy (non-hydrogen) atoms. The number of likely N-dealkylation sites (tertiary alicyclic amines) is 1. The average Bonchev–Trinajstić information content (AvgIpc) is 2.27. The molecule has 1 saturated heterocycles. The van der Waals surface area contributed by atoms with E-state index in [1.54, 1.807) is 0 Å². The number of piperidine rings is 1. The van der Waals surface area contributed by atoms with Crippen molar-refractivity contribution in [3.63, 3.8) is 0 Å². The van der Waals surface area contributed by atoms with E-state index in [0.29, 0.717) is 6.04 Å². The molecule has 2 N–H and O–H groups in total. The van der Waals surface area contributed by atoms with Gasteiger partial charge in [-0.2, -0.15) is 13.2 Å². The van der Waals surface area contributed by atoms with Crippen LogP contribution >= 0.6 is 12.4 Å². The quantitative estimate of drug-likeness (QED) is 0.804. The van der Waals surface area contributed by atoms with Gasteiger partial charge in [0.25, 0.3) is 0 Å². The molecular weight excluding hydrogens is 271 g/mol. The molecule has 4 nitrogen and oxygen atoms in total. The van der Waals surface area contributed by atoms with E-state index in [1.807, 2.05) is 17.3 Å². The number of rotatable bonds is 4. The molecule has 0 aromatic rings. The Kier molecular flexibility index (Phi) is 7.58. The smallest absolute Gasteiger partial charge is 0.346 e. The molecule has 0 saturated carbocycles. The second-order valence-electron chi connectivity index (χ2n) is 4.23. The van der Waals surface area contributed by atoms with Crippen LogP contribution < -0.4 is 10.6 Å². The van der Waals surface area contributed by atoms with Crippen LogP contribution in [0.1, 0.15) is 12.8 Å². The van der Waals surface area contributed by atoms with Crippen molar-refractivity contribution in [3.05, 3.63) is 0 Å². The maximum absolute atomic E-state index is 11.9. The molecule has 0 atom stereocenters. The Balaban J connectivity index is 0.00000289. The molecule has 8 heteroatoms. The number of halogens is 4. The highest BCUT2D eigenvalue weighted by Crippen LogP contribution is 2.12. The van der Waals surface area contributed by atoms with E-state index in [1.165, 1.54) is 0 Å². The molecule has 1 fully saturated rings. The molecule has 0 spiro atoms. The standard InChI is InChI=1S/C10H18F3N3O.ClH/c1-14-8-2-4-16(5-3-8)6-9(17)15-7-10(11,12)13;/h8,14H,2-7H2,1H3,(H,15,17);1H. The SMILES string of the molecule is CNC1CCN(CC(=O)NCC(F)(F)F)CC1.Cl. The maximum Gasteiger partial charge on any atom is 0.405 e. The van der Waals surface area contributed by atoms with E-state index >= 15 is 0 Å². The second kappa shape index (κ2) is 7.81. The largest absolute Gasteiger partial charge is 0.405 e. The fourth-order valence-corrected chi connectivity index (χ4v) is 1.84. The van der Waals surface area contributed by atoms with Gasteiger partial charge in [-0.1, -0.05) is 0 Å². The first-order valence-corrected chi connectivity index (χ1v) is 5.64. The minimum Gasteiger partial charge on any atom is -0.346 e. The van der Waals surface area contributed by atoms with Gasteiger partial charge < -0.3 is 10.6 Å². The Bertz CT molecular complexity index is 255. The molecule has 0 bridgehead atoms. The highest BCUT2D eigenvalue weighted by Gasteiger charge is 2.28. The van der Waals surface area contributed by atoms with Gasteiger partial charge in [0.05, 0.1) is 6.54 Å². The molecule has 1 amide bonds. The molecule has 0 unspecified atom stereocenters. The van der Waals surface area contributed by atoms with Crippen molar-refractivity contribution in [1.82, 2.24) is 15.5 Å². The monoisotopic (exact) mass is 289 g/mol. The molecule has 1 aliphatic rings. The van der Waals surface area contributed by atoms with E-state index in [0.717, 1.165) is 25.9 Å². The Morgan fingerprint density at radius 2 is 1.89 bits per heavy atom. The first kappa shape index (κ1) is 17.5. The van der Waals surface area contributed by atoms with Gasteiger partial charge in [0.1, 0.15) is 6.54 Å². The lowest BCUT2D eigenvalue weighted by Gasteiger charge is -2.31. The number of hydrogen-bond donors (Lipinski definition) is 2. The summed E-state index contributed by atoms with van der Waals surface area (Å²) in [5.74, 6) is -0.565. The van der Waals surface area contributed by atoms with Crippen LogP contribution in [-0.2, 0) is 4.79 Å². The van der Waals surface area contributed by atoms with Gasteiger partial charge in [0.15, 0.2) is 0 Å². The van der Waals surface area contributed by atoms with Gasteiger partial charge in [-0.05, 0) is 19.9 Å². The predicted molar refractivity (Wildman–Crippen MR) is 64.8 cm³/mol. The zero-order chi connectivity index (χ0) is 12.9. The van der Waals surface area contributed by atoms with Gasteiger partial charge in [-0.15, -0.1) is 12.4 Å². The Labute approximate surface area is 111 Å². The van der Waals surface area contributed by atoms with Crippen LogP contribution in [0.15, 0.2) is 0 Å². The van der Waals surface area contributed by atoms with Gasteiger partial charge in [-0.3, -0.25) is 9.69 Å². The summed E-state index contributed by atoms with van der Waals surface area (Å²) in [6.45, 7) is 0.279. The van der Waals surface area contributed by atoms with Crippen LogP contribution in [0.25, 0.3) is 0 Å². The zero-order valence-electron chi connectivity index (χ0n) is 10.2. The predicted octanol–water partition coefficient (Wildman–Crippen LogP) is 0.770. The van der Waals surface area contributed by atoms with Crippen molar-refractivity contribution in [2.24, 2.45) is 0 Å². The van der Waals surface area contributed by atoms with E-state index < -0.39 is 18.6 Å². The van der Waals surface area contributed by atoms with Crippen LogP contribution in [0.4, 0.5) is 13.2 Å². The van der Waals surface area contributed by atoms with E-state index in [2.05, 4.69) is 5.32 Å². The molecule has 1 rings (SSSR count). The lowest BCUT2D eigenvalue weighted by molar-refractivity contribution is -0.139. The van der Waals surface area contributed by atoms with Crippen LogP contribution in [0, 0.1) is 0 Å². The summed E-state index contributed by atoms with van der Waals surface area (Å²) in [5.41, 5.74) is 0. The van der Waals surface area contributed by atoms with Gasteiger partial charge in [0, 0.05) is 19.1 Å². The number of nitrogens with zero attached hydrogens (tertiary/aromatic N) is 1. The lowest BCUT2D eigenvalue weighted by Crippen LogP contribution is -2.46. The zero-order valence-corrected chi connectivity index (χ0v) is 11.0. The molecule has 1 aliphatic heterocycles. The van der Waals surface area contributed by atoms with Crippen molar-refractivity contribution in [2.45, 2.75) is 25.1 Å². The Morgan fingerprint density at radius 3 is 2.33 bits per heavy atom. The van der Waals surface area contributed by atoms with Crippen LogP contribution in [0.5, 0.6) is 0 Å². The van der Waals surface area contributed by atoms with Crippen molar-refractivity contribution < 1.29 is 18.0 Å². The summed E-state index contributed by atoms with van der Waals surface area (Å²) in [5, 5.41) is 5.02. The molecular formula is C10H19ClF3N3O. The molecule has 0 aromatic heterocycles. The third-order valence-electron chi connectivity index (χ3n) is 2.85. The fourth-order valence-electron chi connectivity index (χ4n) is 1.84. The van der Waals surface area contributed by atoms with Gasteiger partial charge in [-0.25, -0.2) is 0 Å². The van der Waals surface area contributed by atoms with Crippen molar-refractivity contribution in [3.8, 4) is 0 Å². The number of carbonyl (C=O) groups is 1. The molecule has 108 valence electrons. The topological polar surface area (TPSA) is 44.4 Å². The summed E-state index contributed by atoms with van der Waals surface area (Å²) in [7, 11) is 1.89. The summed E-state index contributed by atoms with van der Waals surface area (Å²) in [6, 6.07) is 0.449. The van der Waals surface area contributed by atoms with Crippen molar-refractivity contribution >= 4 is 18.3 Å². The van der Waals surface area contributed by atoms with E-state index in [-0.39, 0.29) is 19.0 Å². The summed E-state index contributed by atoms with van der Waals surface area (Å²) >= 11 is 0. The van der Waals surface area contributed by atoms with E-state index in [9.17, 15) is 18.0 Å². The Hall–Kier alpha value is -0.530. The first-order valence-electron chi connectivity index (χ1n) is 5.64. The molecule has 0 aliphatic carbocycles. The number of alkyl halides is 3. The number of nitrogens with one attached hydrogen (secondary N) is 2. The summed E-state index contributed by atoms with van der Waals surface area (Å²) in [6.07, 6.45) is -2.50. The molecule has 1 heterocycles. The highest BCUT2D eigenvalue weighted by molar-refractivity contribution is 5.85. The highest BCUT2D eigenvalue weighted by atomic mass is 35.5. The summed E-state index contributed by atoms with van der Waals surface area (Å²) in [4.78, 5) is 13.1. The van der Waals surface area contributed by atoms with E-state index in [4.69, 9.17) is 0 Å². The van der Waals surface area contributed by atoms with Crippen LogP contribution in [0.3, 0.4) is 0 Å².